The average molecular weight is 389 g/mol. The third-order valence-electron chi connectivity index (χ3n) is 3.12. The van der Waals surface area contributed by atoms with Gasteiger partial charge in [0.15, 0.2) is 9.84 Å². The Morgan fingerprint density at radius 2 is 1.90 bits per heavy atom. The fraction of sp³-hybridized carbons (Fsp3) is 0.200. The Balaban J connectivity index is 2.23. The molecule has 21 heavy (non-hydrogen) atoms. The highest BCUT2D eigenvalue weighted by Gasteiger charge is 2.09. The van der Waals surface area contributed by atoms with Crippen molar-refractivity contribution in [2.24, 2.45) is 0 Å². The molecule has 0 spiro atoms. The second-order valence-electron chi connectivity index (χ2n) is 4.84. The Labute approximate surface area is 138 Å². The number of benzene rings is 2. The topological polar surface area (TPSA) is 46.2 Å². The first-order chi connectivity index (χ1) is 9.77. The molecule has 1 N–H and O–H groups in total. The van der Waals surface area contributed by atoms with Crippen molar-refractivity contribution in [1.29, 1.82) is 0 Å². The van der Waals surface area contributed by atoms with Crippen LogP contribution in [-0.2, 0) is 16.4 Å². The standard InChI is InChI=1S/C15H15BrClNO2S/c1-10-3-6-13(21(2,19)20)8-15(10)18-9-11-4-5-12(17)7-14(11)16/h3-8,18H,9H2,1-2H3. The Kier molecular flexibility index (Phi) is 4.96. The smallest absolute Gasteiger partial charge is 0.175 e. The zero-order chi connectivity index (χ0) is 15.6. The fourth-order valence-corrected chi connectivity index (χ4v) is 3.35. The van der Waals surface area contributed by atoms with Crippen molar-refractivity contribution >= 4 is 43.1 Å². The Bertz CT molecular complexity index is 775. The number of anilines is 1. The average Bonchev–Trinajstić information content (AvgIpc) is 2.38. The first-order valence-electron chi connectivity index (χ1n) is 6.26. The molecule has 112 valence electrons. The van der Waals surface area contributed by atoms with Gasteiger partial charge in [-0.05, 0) is 42.3 Å². The molecular formula is C15H15BrClNO2S. The molecule has 0 aromatic heterocycles. The molecule has 0 heterocycles. The van der Waals surface area contributed by atoms with Gasteiger partial charge in [0, 0.05) is 28.0 Å². The van der Waals surface area contributed by atoms with Crippen LogP contribution in [0.2, 0.25) is 5.02 Å². The molecule has 0 amide bonds. The highest BCUT2D eigenvalue weighted by molar-refractivity contribution is 9.10. The van der Waals surface area contributed by atoms with Gasteiger partial charge in [-0.1, -0.05) is 39.7 Å². The molecule has 0 aliphatic carbocycles. The van der Waals surface area contributed by atoms with Gasteiger partial charge in [0.25, 0.3) is 0 Å². The van der Waals surface area contributed by atoms with Crippen molar-refractivity contribution in [3.05, 3.63) is 57.0 Å². The molecule has 0 saturated heterocycles. The summed E-state index contributed by atoms with van der Waals surface area (Å²) in [5.74, 6) is 0. The van der Waals surface area contributed by atoms with E-state index in [9.17, 15) is 8.42 Å². The van der Waals surface area contributed by atoms with Gasteiger partial charge in [0.1, 0.15) is 0 Å². The summed E-state index contributed by atoms with van der Waals surface area (Å²) in [5.41, 5.74) is 2.84. The maximum Gasteiger partial charge on any atom is 0.175 e. The van der Waals surface area contributed by atoms with Gasteiger partial charge in [-0.3, -0.25) is 0 Å². The van der Waals surface area contributed by atoms with Crippen LogP contribution in [0, 0.1) is 6.92 Å². The third-order valence-corrected chi connectivity index (χ3v) is 5.21. The molecular weight excluding hydrogens is 374 g/mol. The number of hydrogen-bond acceptors (Lipinski definition) is 3. The zero-order valence-corrected chi connectivity index (χ0v) is 14.8. The van der Waals surface area contributed by atoms with E-state index < -0.39 is 9.84 Å². The molecule has 2 aromatic carbocycles. The van der Waals surface area contributed by atoms with Gasteiger partial charge in [-0.2, -0.15) is 0 Å². The molecule has 0 aliphatic heterocycles. The summed E-state index contributed by atoms with van der Waals surface area (Å²) in [5, 5.41) is 3.93. The summed E-state index contributed by atoms with van der Waals surface area (Å²) >= 11 is 9.38. The monoisotopic (exact) mass is 387 g/mol. The lowest BCUT2D eigenvalue weighted by Crippen LogP contribution is -2.04. The van der Waals surface area contributed by atoms with Crippen molar-refractivity contribution in [2.75, 3.05) is 11.6 Å². The number of halogens is 2. The predicted molar refractivity (Wildman–Crippen MR) is 90.8 cm³/mol. The summed E-state index contributed by atoms with van der Waals surface area (Å²) < 4.78 is 24.1. The zero-order valence-electron chi connectivity index (χ0n) is 11.7. The van der Waals surface area contributed by atoms with Crippen LogP contribution in [0.4, 0.5) is 5.69 Å². The van der Waals surface area contributed by atoms with E-state index in [0.29, 0.717) is 16.5 Å². The van der Waals surface area contributed by atoms with Crippen LogP contribution >= 0.6 is 27.5 Å². The molecule has 0 unspecified atom stereocenters. The van der Waals surface area contributed by atoms with Crippen molar-refractivity contribution < 1.29 is 8.42 Å². The first-order valence-corrected chi connectivity index (χ1v) is 9.32. The molecule has 3 nitrogen and oxygen atoms in total. The van der Waals surface area contributed by atoms with Crippen molar-refractivity contribution in [2.45, 2.75) is 18.4 Å². The van der Waals surface area contributed by atoms with E-state index in [1.54, 1.807) is 18.2 Å². The van der Waals surface area contributed by atoms with Crippen LogP contribution in [0.3, 0.4) is 0 Å². The van der Waals surface area contributed by atoms with Crippen LogP contribution in [0.1, 0.15) is 11.1 Å². The molecule has 0 atom stereocenters. The molecule has 0 radical (unpaired) electrons. The van der Waals surface area contributed by atoms with Gasteiger partial charge >= 0.3 is 0 Å². The Hall–Kier alpha value is -1.04. The summed E-state index contributed by atoms with van der Waals surface area (Å²) in [6, 6.07) is 10.7. The van der Waals surface area contributed by atoms with Crippen LogP contribution in [0.25, 0.3) is 0 Å². The van der Waals surface area contributed by atoms with Crippen molar-refractivity contribution in [1.82, 2.24) is 0 Å². The van der Waals surface area contributed by atoms with Gasteiger partial charge in [0.05, 0.1) is 4.90 Å². The highest BCUT2D eigenvalue weighted by Crippen LogP contribution is 2.24. The largest absolute Gasteiger partial charge is 0.381 e. The molecule has 0 fully saturated rings. The number of nitrogens with one attached hydrogen (secondary N) is 1. The van der Waals surface area contributed by atoms with Gasteiger partial charge in [-0.15, -0.1) is 0 Å². The number of aryl methyl sites for hydroxylation is 1. The molecule has 0 saturated carbocycles. The predicted octanol–water partition coefficient (Wildman–Crippen LogP) is 4.43. The molecule has 0 aliphatic rings. The summed E-state index contributed by atoms with van der Waals surface area (Å²) in [6.07, 6.45) is 1.21. The second kappa shape index (κ2) is 6.38. The highest BCUT2D eigenvalue weighted by atomic mass is 79.9. The fourth-order valence-electron chi connectivity index (χ4n) is 1.88. The minimum absolute atomic E-state index is 0.311. The number of sulfone groups is 1. The lowest BCUT2D eigenvalue weighted by Gasteiger charge is -2.12. The van der Waals surface area contributed by atoms with Gasteiger partial charge < -0.3 is 5.32 Å². The van der Waals surface area contributed by atoms with E-state index in [1.807, 2.05) is 25.1 Å². The third kappa shape index (κ3) is 4.22. The van der Waals surface area contributed by atoms with Crippen LogP contribution in [0.15, 0.2) is 45.8 Å². The minimum atomic E-state index is -3.21. The van der Waals surface area contributed by atoms with Gasteiger partial charge in [0.2, 0.25) is 0 Å². The Morgan fingerprint density at radius 3 is 2.52 bits per heavy atom. The Morgan fingerprint density at radius 1 is 1.19 bits per heavy atom. The first kappa shape index (κ1) is 16.3. The molecule has 2 rings (SSSR count). The SMILES string of the molecule is Cc1ccc(S(C)(=O)=O)cc1NCc1ccc(Cl)cc1Br. The molecule has 0 bridgehead atoms. The van der Waals surface area contributed by atoms with Crippen LogP contribution < -0.4 is 5.32 Å². The van der Waals surface area contributed by atoms with E-state index in [2.05, 4.69) is 21.2 Å². The van der Waals surface area contributed by atoms with E-state index in [0.717, 1.165) is 21.3 Å². The lowest BCUT2D eigenvalue weighted by molar-refractivity contribution is 0.602. The molecule has 2 aromatic rings. The van der Waals surface area contributed by atoms with E-state index in [-0.39, 0.29) is 0 Å². The van der Waals surface area contributed by atoms with Crippen LogP contribution in [-0.4, -0.2) is 14.7 Å². The van der Waals surface area contributed by atoms with Gasteiger partial charge in [-0.25, -0.2) is 8.42 Å². The normalized spacial score (nSPS) is 11.4. The maximum atomic E-state index is 11.6. The summed E-state index contributed by atoms with van der Waals surface area (Å²) in [4.78, 5) is 0.311. The summed E-state index contributed by atoms with van der Waals surface area (Å²) in [7, 11) is -3.21. The van der Waals surface area contributed by atoms with E-state index in [1.165, 1.54) is 6.26 Å². The molecule has 6 heteroatoms. The minimum Gasteiger partial charge on any atom is -0.381 e. The quantitative estimate of drug-likeness (QED) is 0.843. The van der Waals surface area contributed by atoms with Crippen molar-refractivity contribution in [3.8, 4) is 0 Å². The van der Waals surface area contributed by atoms with E-state index in [4.69, 9.17) is 11.6 Å². The lowest BCUT2D eigenvalue weighted by atomic mass is 10.2. The number of hydrogen-bond donors (Lipinski definition) is 1. The number of rotatable bonds is 4. The van der Waals surface area contributed by atoms with Crippen molar-refractivity contribution in [3.63, 3.8) is 0 Å². The summed E-state index contributed by atoms with van der Waals surface area (Å²) in [6.45, 7) is 2.51. The van der Waals surface area contributed by atoms with E-state index >= 15 is 0 Å². The maximum absolute atomic E-state index is 11.6. The second-order valence-corrected chi connectivity index (χ2v) is 8.14. The van der Waals surface area contributed by atoms with Crippen LogP contribution in [0.5, 0.6) is 0 Å².